The lowest BCUT2D eigenvalue weighted by Crippen LogP contribution is -2.59. The van der Waals surface area contributed by atoms with Crippen molar-refractivity contribution in [1.82, 2.24) is 21.3 Å². The molecule has 7 nitrogen and oxygen atoms in total. The van der Waals surface area contributed by atoms with Crippen LogP contribution in [-0.4, -0.2) is 48.4 Å². The van der Waals surface area contributed by atoms with Crippen LogP contribution < -0.4 is 21.3 Å². The van der Waals surface area contributed by atoms with Gasteiger partial charge in [0.2, 0.25) is 0 Å². The molecule has 0 saturated carbocycles. The molecule has 3 saturated heterocycles. The highest BCUT2D eigenvalue weighted by Crippen LogP contribution is 2.24. The van der Waals surface area contributed by atoms with E-state index in [1.165, 1.54) is 0 Å². The summed E-state index contributed by atoms with van der Waals surface area (Å²) in [4.78, 5) is 34.9. The number of Topliss-reactive ketones (excluding diaryl/α,β-unsaturated/α-hetero) is 1. The summed E-state index contributed by atoms with van der Waals surface area (Å²) in [6.45, 7) is 1.42. The first-order valence-electron chi connectivity index (χ1n) is 8.22. The van der Waals surface area contributed by atoms with E-state index in [0.717, 1.165) is 38.6 Å². The third kappa shape index (κ3) is 3.15. The van der Waals surface area contributed by atoms with Gasteiger partial charge in [-0.15, -0.1) is 0 Å². The lowest BCUT2D eigenvalue weighted by Gasteiger charge is -2.35. The maximum atomic E-state index is 11.8. The Morgan fingerprint density at radius 1 is 1.14 bits per heavy atom. The topological polar surface area (TPSA) is 99.3 Å². The summed E-state index contributed by atoms with van der Waals surface area (Å²) in [5.41, 5.74) is -0.755. The number of hydrogen-bond acceptors (Lipinski definition) is 5. The Labute approximate surface area is 130 Å². The number of urea groups is 1. The average molecular weight is 308 g/mol. The summed E-state index contributed by atoms with van der Waals surface area (Å²) >= 11 is 0. The first-order chi connectivity index (χ1) is 10.6. The van der Waals surface area contributed by atoms with E-state index >= 15 is 0 Å². The second kappa shape index (κ2) is 6.34. The highest BCUT2D eigenvalue weighted by atomic mass is 16.2. The van der Waals surface area contributed by atoms with Gasteiger partial charge in [-0.2, -0.15) is 0 Å². The summed E-state index contributed by atoms with van der Waals surface area (Å²) in [6.07, 6.45) is 6.07. The van der Waals surface area contributed by atoms with E-state index in [1.54, 1.807) is 0 Å². The Bertz CT molecular complexity index is 471. The van der Waals surface area contributed by atoms with E-state index < -0.39 is 11.6 Å². The number of carbonyl (C=O) groups is 3. The predicted molar refractivity (Wildman–Crippen MR) is 80.3 cm³/mol. The van der Waals surface area contributed by atoms with E-state index in [1.807, 2.05) is 0 Å². The lowest BCUT2D eigenvalue weighted by atomic mass is 9.85. The van der Waals surface area contributed by atoms with Crippen molar-refractivity contribution in [3.05, 3.63) is 0 Å². The molecule has 1 spiro atoms. The molecule has 3 atom stereocenters. The van der Waals surface area contributed by atoms with Crippen molar-refractivity contribution in [2.75, 3.05) is 13.1 Å². The number of nitrogens with one attached hydrogen (secondary N) is 4. The van der Waals surface area contributed by atoms with Crippen LogP contribution in [-0.2, 0) is 9.59 Å². The molecule has 7 heteroatoms. The van der Waals surface area contributed by atoms with Gasteiger partial charge >= 0.3 is 6.03 Å². The van der Waals surface area contributed by atoms with Gasteiger partial charge < -0.3 is 16.0 Å². The maximum Gasteiger partial charge on any atom is 0.322 e. The molecule has 0 aromatic heterocycles. The van der Waals surface area contributed by atoms with E-state index in [9.17, 15) is 14.4 Å². The summed E-state index contributed by atoms with van der Waals surface area (Å²) in [5, 5.41) is 11.7. The number of carbonyl (C=O) groups excluding carboxylic acids is 3. The SMILES string of the molecule is O=C1NC(=O)C2(CCC(CCCC3NCCCC3=O)NC2)N1. The Morgan fingerprint density at radius 3 is 2.64 bits per heavy atom. The molecular formula is C15H24N4O3. The number of ketones is 1. The van der Waals surface area contributed by atoms with Crippen LogP contribution in [0.3, 0.4) is 0 Å². The van der Waals surface area contributed by atoms with Gasteiger partial charge in [-0.3, -0.25) is 14.9 Å². The number of hydrogen-bond donors (Lipinski definition) is 4. The van der Waals surface area contributed by atoms with E-state index in [-0.39, 0.29) is 11.9 Å². The standard InChI is InChI=1S/C15H24N4O3/c20-12-5-2-8-16-11(12)4-1-3-10-6-7-15(9-17-10)13(21)18-14(22)19-15/h10-11,16-17H,1-9H2,(H2,18,19,21,22). The molecule has 0 aromatic carbocycles. The molecular weight excluding hydrogens is 284 g/mol. The summed E-state index contributed by atoms with van der Waals surface area (Å²) in [7, 11) is 0. The van der Waals surface area contributed by atoms with Crippen LogP contribution in [0.5, 0.6) is 0 Å². The number of piperidine rings is 2. The quantitative estimate of drug-likeness (QED) is 0.540. The molecule has 3 fully saturated rings. The summed E-state index contributed by atoms with van der Waals surface area (Å²) < 4.78 is 0. The van der Waals surface area contributed by atoms with Crippen molar-refractivity contribution in [3.63, 3.8) is 0 Å². The van der Waals surface area contributed by atoms with Gasteiger partial charge in [0.05, 0.1) is 6.04 Å². The zero-order valence-corrected chi connectivity index (χ0v) is 12.7. The van der Waals surface area contributed by atoms with Crippen molar-refractivity contribution in [3.8, 4) is 0 Å². The van der Waals surface area contributed by atoms with Gasteiger partial charge in [0, 0.05) is 19.0 Å². The molecule has 3 rings (SSSR count). The van der Waals surface area contributed by atoms with Crippen molar-refractivity contribution in [1.29, 1.82) is 0 Å². The largest absolute Gasteiger partial charge is 0.322 e. The Morgan fingerprint density at radius 2 is 2.00 bits per heavy atom. The highest BCUT2D eigenvalue weighted by Gasteiger charge is 2.47. The summed E-state index contributed by atoms with van der Waals surface area (Å²) in [6, 6.07) is -0.00895. The highest BCUT2D eigenvalue weighted by molar-refractivity contribution is 6.07. The van der Waals surface area contributed by atoms with Crippen LogP contribution in [0.1, 0.15) is 44.9 Å². The lowest BCUT2D eigenvalue weighted by molar-refractivity contribution is -0.125. The zero-order valence-electron chi connectivity index (χ0n) is 12.7. The molecule has 4 N–H and O–H groups in total. The number of amides is 3. The third-order valence-corrected chi connectivity index (χ3v) is 5.05. The second-order valence-corrected chi connectivity index (χ2v) is 6.61. The van der Waals surface area contributed by atoms with E-state index in [2.05, 4.69) is 21.3 Å². The first-order valence-corrected chi connectivity index (χ1v) is 8.22. The maximum absolute atomic E-state index is 11.8. The van der Waals surface area contributed by atoms with Crippen LogP contribution in [0.25, 0.3) is 0 Å². The Kier molecular flexibility index (Phi) is 4.44. The zero-order chi connectivity index (χ0) is 15.6. The van der Waals surface area contributed by atoms with Gasteiger partial charge in [0.1, 0.15) is 11.3 Å². The van der Waals surface area contributed by atoms with Gasteiger partial charge in [-0.25, -0.2) is 4.79 Å². The second-order valence-electron chi connectivity index (χ2n) is 6.61. The van der Waals surface area contributed by atoms with Crippen LogP contribution in [0.4, 0.5) is 4.79 Å². The first kappa shape index (κ1) is 15.4. The molecule has 0 radical (unpaired) electrons. The van der Waals surface area contributed by atoms with Gasteiger partial charge in [0.25, 0.3) is 5.91 Å². The summed E-state index contributed by atoms with van der Waals surface area (Å²) in [5.74, 6) is 0.118. The molecule has 3 unspecified atom stereocenters. The van der Waals surface area contributed by atoms with Crippen LogP contribution in [0.2, 0.25) is 0 Å². The third-order valence-electron chi connectivity index (χ3n) is 5.05. The number of imide groups is 1. The van der Waals surface area contributed by atoms with Gasteiger partial charge in [-0.1, -0.05) is 0 Å². The van der Waals surface area contributed by atoms with Gasteiger partial charge in [-0.05, 0) is 45.1 Å². The predicted octanol–water partition coefficient (Wildman–Crippen LogP) is -0.192. The van der Waals surface area contributed by atoms with Crippen LogP contribution in [0, 0.1) is 0 Å². The Hall–Kier alpha value is -1.47. The normalized spacial score (nSPS) is 35.5. The molecule has 3 amide bonds. The van der Waals surface area contributed by atoms with E-state index in [0.29, 0.717) is 31.2 Å². The molecule has 122 valence electrons. The smallest absolute Gasteiger partial charge is 0.322 e. The molecule has 0 bridgehead atoms. The minimum atomic E-state index is -0.755. The Balaban J connectivity index is 1.40. The average Bonchev–Trinajstić information content (AvgIpc) is 2.77. The van der Waals surface area contributed by atoms with Crippen molar-refractivity contribution >= 4 is 17.7 Å². The molecule has 0 aromatic rings. The number of rotatable bonds is 4. The fraction of sp³-hybridized carbons (Fsp3) is 0.800. The van der Waals surface area contributed by atoms with Crippen LogP contribution in [0.15, 0.2) is 0 Å². The fourth-order valence-electron chi connectivity index (χ4n) is 3.66. The van der Waals surface area contributed by atoms with Crippen molar-refractivity contribution < 1.29 is 14.4 Å². The molecule has 3 heterocycles. The van der Waals surface area contributed by atoms with Crippen LogP contribution >= 0.6 is 0 Å². The molecule has 0 aliphatic carbocycles. The minimum Gasteiger partial charge on any atom is -0.322 e. The van der Waals surface area contributed by atoms with Crippen molar-refractivity contribution in [2.24, 2.45) is 0 Å². The minimum absolute atomic E-state index is 0.0311. The molecule has 3 aliphatic rings. The van der Waals surface area contributed by atoms with Gasteiger partial charge in [0.15, 0.2) is 0 Å². The van der Waals surface area contributed by atoms with E-state index in [4.69, 9.17) is 0 Å². The monoisotopic (exact) mass is 308 g/mol. The van der Waals surface area contributed by atoms with Crippen molar-refractivity contribution in [2.45, 2.75) is 62.6 Å². The fourth-order valence-corrected chi connectivity index (χ4v) is 3.66. The molecule has 3 aliphatic heterocycles. The molecule has 22 heavy (non-hydrogen) atoms.